The summed E-state index contributed by atoms with van der Waals surface area (Å²) in [6.45, 7) is 0.860. The van der Waals surface area contributed by atoms with Crippen molar-refractivity contribution >= 4 is 23.4 Å². The van der Waals surface area contributed by atoms with Crippen molar-refractivity contribution in [3.8, 4) is 0 Å². The molecule has 1 aliphatic rings. The van der Waals surface area contributed by atoms with E-state index in [1.807, 2.05) is 4.57 Å². The molecule has 0 fully saturated rings. The maximum atomic E-state index is 13.5. The second-order valence-electron chi connectivity index (χ2n) is 5.32. The van der Waals surface area contributed by atoms with Gasteiger partial charge in [-0.1, -0.05) is 18.2 Å². The highest BCUT2D eigenvalue weighted by Gasteiger charge is 2.16. The number of amides is 1. The first-order chi connectivity index (χ1) is 11.1. The van der Waals surface area contributed by atoms with Crippen molar-refractivity contribution < 1.29 is 13.6 Å². The molecule has 0 spiro atoms. The molecule has 0 radical (unpaired) electrons. The minimum Gasteiger partial charge on any atom is -0.323 e. The third-order valence-corrected chi connectivity index (χ3v) is 4.58. The van der Waals surface area contributed by atoms with Gasteiger partial charge in [0.25, 0.3) is 0 Å². The van der Waals surface area contributed by atoms with E-state index in [1.165, 1.54) is 17.8 Å². The van der Waals surface area contributed by atoms with E-state index in [-0.39, 0.29) is 17.3 Å². The van der Waals surface area contributed by atoms with Crippen molar-refractivity contribution in [1.82, 2.24) is 14.8 Å². The average Bonchev–Trinajstić information content (AvgIpc) is 2.75. The molecule has 0 saturated carbocycles. The fourth-order valence-electron chi connectivity index (χ4n) is 2.47. The van der Waals surface area contributed by atoms with Crippen LogP contribution in [-0.2, 0) is 17.8 Å². The van der Waals surface area contributed by atoms with E-state index in [4.69, 9.17) is 0 Å². The van der Waals surface area contributed by atoms with Crippen molar-refractivity contribution in [3.63, 3.8) is 0 Å². The monoisotopic (exact) mass is 338 g/mol. The van der Waals surface area contributed by atoms with Crippen molar-refractivity contribution in [2.45, 2.75) is 37.4 Å². The van der Waals surface area contributed by atoms with Crippen LogP contribution in [0.4, 0.5) is 14.5 Å². The van der Waals surface area contributed by atoms with Crippen LogP contribution < -0.4 is 5.32 Å². The number of carbonyl (C=O) groups is 1. The Bertz CT molecular complexity index is 719. The molecule has 1 aliphatic heterocycles. The van der Waals surface area contributed by atoms with E-state index in [2.05, 4.69) is 15.5 Å². The van der Waals surface area contributed by atoms with Crippen LogP contribution in [0.2, 0.25) is 0 Å². The predicted octanol–water partition coefficient (Wildman–Crippen LogP) is 3.01. The molecule has 2 aromatic rings. The molecule has 0 aliphatic carbocycles. The molecule has 1 N–H and O–H groups in total. The number of nitrogens with one attached hydrogen (secondary N) is 1. The van der Waals surface area contributed by atoms with Gasteiger partial charge in [-0.3, -0.25) is 4.79 Å². The van der Waals surface area contributed by atoms with Crippen LogP contribution in [0.15, 0.2) is 23.4 Å². The molecule has 8 heteroatoms. The van der Waals surface area contributed by atoms with Crippen molar-refractivity contribution in [1.29, 1.82) is 0 Å². The highest BCUT2D eigenvalue weighted by Crippen LogP contribution is 2.22. The van der Waals surface area contributed by atoms with Gasteiger partial charge in [-0.15, -0.1) is 10.2 Å². The molecule has 1 amide bonds. The maximum Gasteiger partial charge on any atom is 0.234 e. The Balaban J connectivity index is 1.60. The number of anilines is 1. The number of benzene rings is 1. The number of hydrogen-bond acceptors (Lipinski definition) is 4. The summed E-state index contributed by atoms with van der Waals surface area (Å²) in [5, 5.41) is 11.4. The van der Waals surface area contributed by atoms with Gasteiger partial charge >= 0.3 is 0 Å². The largest absolute Gasteiger partial charge is 0.323 e. The van der Waals surface area contributed by atoms with Crippen molar-refractivity contribution in [2.24, 2.45) is 0 Å². The smallest absolute Gasteiger partial charge is 0.234 e. The van der Waals surface area contributed by atoms with Gasteiger partial charge in [0.1, 0.15) is 17.5 Å². The van der Waals surface area contributed by atoms with E-state index in [9.17, 15) is 13.6 Å². The lowest BCUT2D eigenvalue weighted by Gasteiger charge is -2.08. The average molecular weight is 338 g/mol. The van der Waals surface area contributed by atoms with Gasteiger partial charge in [-0.2, -0.15) is 0 Å². The summed E-state index contributed by atoms with van der Waals surface area (Å²) in [4.78, 5) is 11.9. The number of aromatic nitrogens is 3. The van der Waals surface area contributed by atoms with Crippen molar-refractivity contribution in [2.75, 3.05) is 11.1 Å². The lowest BCUT2D eigenvalue weighted by atomic mass is 10.2. The first kappa shape index (κ1) is 15.9. The molecule has 122 valence electrons. The second-order valence-corrected chi connectivity index (χ2v) is 6.26. The SMILES string of the molecule is O=C(CSc1nnc2n1CCCCC2)Nc1ccc(F)cc1F. The molecular weight excluding hydrogens is 322 g/mol. The third kappa shape index (κ3) is 3.87. The van der Waals surface area contributed by atoms with Gasteiger partial charge < -0.3 is 9.88 Å². The second kappa shape index (κ2) is 7.08. The fourth-order valence-corrected chi connectivity index (χ4v) is 3.26. The Labute approximate surface area is 136 Å². The Morgan fingerprint density at radius 3 is 2.96 bits per heavy atom. The fraction of sp³-hybridized carbons (Fsp3) is 0.400. The first-order valence-electron chi connectivity index (χ1n) is 7.43. The van der Waals surface area contributed by atoms with Crippen LogP contribution in [0.25, 0.3) is 0 Å². The molecule has 23 heavy (non-hydrogen) atoms. The molecule has 1 aromatic heterocycles. The standard InChI is InChI=1S/C15H16F2N4OS/c16-10-5-6-12(11(17)8-10)18-14(22)9-23-15-20-19-13-4-2-1-3-7-21(13)15/h5-6,8H,1-4,7,9H2,(H,18,22). The van der Waals surface area contributed by atoms with Gasteiger partial charge in [0.05, 0.1) is 11.4 Å². The first-order valence-corrected chi connectivity index (χ1v) is 8.42. The predicted molar refractivity (Wildman–Crippen MR) is 83.3 cm³/mol. The van der Waals surface area contributed by atoms with Crippen LogP contribution >= 0.6 is 11.8 Å². The molecule has 0 atom stereocenters. The molecule has 0 unspecified atom stereocenters. The highest BCUT2D eigenvalue weighted by atomic mass is 32.2. The lowest BCUT2D eigenvalue weighted by Crippen LogP contribution is -2.15. The zero-order chi connectivity index (χ0) is 16.2. The summed E-state index contributed by atoms with van der Waals surface area (Å²) in [7, 11) is 0. The topological polar surface area (TPSA) is 59.8 Å². The van der Waals surface area contributed by atoms with Crippen molar-refractivity contribution in [3.05, 3.63) is 35.7 Å². The third-order valence-electron chi connectivity index (χ3n) is 3.61. The van der Waals surface area contributed by atoms with Crippen LogP contribution in [0, 0.1) is 11.6 Å². The van der Waals surface area contributed by atoms with E-state index >= 15 is 0 Å². The quantitative estimate of drug-likeness (QED) is 0.871. The Kier molecular flexibility index (Phi) is 4.90. The molecular formula is C15H16F2N4OS. The van der Waals surface area contributed by atoms with E-state index in [1.54, 1.807) is 0 Å². The number of aryl methyl sites for hydroxylation is 1. The van der Waals surface area contributed by atoms with E-state index < -0.39 is 11.6 Å². The van der Waals surface area contributed by atoms with Gasteiger partial charge in [0.2, 0.25) is 5.91 Å². The van der Waals surface area contributed by atoms with Gasteiger partial charge in [0, 0.05) is 19.0 Å². The Hall–Kier alpha value is -1.96. The minimum absolute atomic E-state index is 0.0305. The molecule has 3 rings (SSSR count). The van der Waals surface area contributed by atoms with Crippen LogP contribution in [0.5, 0.6) is 0 Å². The Morgan fingerprint density at radius 2 is 2.13 bits per heavy atom. The maximum absolute atomic E-state index is 13.5. The summed E-state index contributed by atoms with van der Waals surface area (Å²) in [5.41, 5.74) is -0.0305. The summed E-state index contributed by atoms with van der Waals surface area (Å²) in [6.07, 6.45) is 4.25. The van der Waals surface area contributed by atoms with Crippen LogP contribution in [0.1, 0.15) is 25.1 Å². The van der Waals surface area contributed by atoms with E-state index in [0.717, 1.165) is 50.2 Å². The minimum atomic E-state index is -0.792. The van der Waals surface area contributed by atoms with Gasteiger partial charge in [-0.05, 0) is 25.0 Å². The number of halogens is 2. The number of rotatable bonds is 4. The summed E-state index contributed by atoms with van der Waals surface area (Å²) < 4.78 is 28.4. The summed E-state index contributed by atoms with van der Waals surface area (Å²) in [5.74, 6) is -0.795. The molecule has 0 bridgehead atoms. The number of hydrogen-bond donors (Lipinski definition) is 1. The van der Waals surface area contributed by atoms with Crippen LogP contribution in [0.3, 0.4) is 0 Å². The zero-order valence-corrected chi connectivity index (χ0v) is 13.2. The molecule has 5 nitrogen and oxygen atoms in total. The highest BCUT2D eigenvalue weighted by molar-refractivity contribution is 7.99. The number of carbonyl (C=O) groups excluding carboxylic acids is 1. The molecule has 2 heterocycles. The summed E-state index contributed by atoms with van der Waals surface area (Å²) >= 11 is 1.27. The lowest BCUT2D eigenvalue weighted by molar-refractivity contribution is -0.113. The Morgan fingerprint density at radius 1 is 1.26 bits per heavy atom. The summed E-state index contributed by atoms with van der Waals surface area (Å²) in [6, 6.07) is 3.04. The van der Waals surface area contributed by atoms with Gasteiger partial charge in [-0.25, -0.2) is 8.78 Å². The van der Waals surface area contributed by atoms with E-state index in [0.29, 0.717) is 5.16 Å². The normalized spacial score (nSPS) is 14.2. The number of fused-ring (bicyclic) bond motifs is 1. The zero-order valence-electron chi connectivity index (χ0n) is 12.4. The number of thioether (sulfide) groups is 1. The number of nitrogens with zero attached hydrogens (tertiary/aromatic N) is 3. The molecule has 0 saturated heterocycles. The molecule has 1 aromatic carbocycles. The van der Waals surface area contributed by atoms with Crippen LogP contribution in [-0.4, -0.2) is 26.4 Å². The van der Waals surface area contributed by atoms with Gasteiger partial charge in [0.15, 0.2) is 5.16 Å².